The predicted octanol–water partition coefficient (Wildman–Crippen LogP) is 0.137. The van der Waals surface area contributed by atoms with Gasteiger partial charge in [0, 0.05) is 12.1 Å². The molecule has 0 fully saturated rings. The molecule has 0 unspecified atom stereocenters. The van der Waals surface area contributed by atoms with Crippen LogP contribution in [-0.4, -0.2) is 40.3 Å². The Kier molecular flexibility index (Phi) is 5.25. The van der Waals surface area contributed by atoms with Crippen LogP contribution in [-0.2, 0) is 19.7 Å². The maximum Gasteiger partial charge on any atom is 0.331 e. The minimum absolute atomic E-state index is 0.00694. The smallest absolute Gasteiger partial charge is 0.331 e. The summed E-state index contributed by atoms with van der Waals surface area (Å²) in [5.74, 6) is -2.49. The van der Waals surface area contributed by atoms with Gasteiger partial charge in [0.15, 0.2) is 18.1 Å². The number of methoxy groups -OCH3 is 2. The summed E-state index contributed by atoms with van der Waals surface area (Å²) in [5, 5.41) is 8.32. The number of rotatable bonds is 7. The summed E-state index contributed by atoms with van der Waals surface area (Å²) in [5.41, 5.74) is 0. The molecule has 2 N–H and O–H groups in total. The van der Waals surface area contributed by atoms with Crippen molar-refractivity contribution in [3.05, 3.63) is 17.9 Å². The van der Waals surface area contributed by atoms with E-state index in [1.54, 1.807) is 0 Å². The zero-order valence-electron chi connectivity index (χ0n) is 10.5. The van der Waals surface area contributed by atoms with E-state index in [-0.39, 0.29) is 11.5 Å². The van der Waals surface area contributed by atoms with E-state index in [2.05, 4.69) is 4.84 Å². The number of hydrogen-bond donors (Lipinski definition) is 2. The monoisotopic (exact) mass is 309 g/mol. The average Bonchev–Trinajstić information content (AvgIpc) is 2.37. The zero-order valence-corrected chi connectivity index (χ0v) is 11.4. The van der Waals surface area contributed by atoms with Crippen LogP contribution in [0.25, 0.3) is 0 Å². The summed E-state index contributed by atoms with van der Waals surface area (Å²) in [6.45, 7) is -0.909. The van der Waals surface area contributed by atoms with Crippen LogP contribution in [0.1, 0.15) is 0 Å². The fourth-order valence-electron chi connectivity index (χ4n) is 1.26. The van der Waals surface area contributed by atoms with Crippen LogP contribution >= 0.6 is 0 Å². The molecule has 0 aliphatic carbocycles. The zero-order chi connectivity index (χ0) is 15.3. The van der Waals surface area contributed by atoms with Crippen LogP contribution in [0.3, 0.4) is 0 Å². The van der Waals surface area contributed by atoms with Gasteiger partial charge in [-0.2, -0.15) is 0 Å². The lowest BCUT2D eigenvalue weighted by Crippen LogP contribution is -2.27. The van der Waals surface area contributed by atoms with Crippen molar-refractivity contribution in [3.8, 4) is 11.5 Å². The van der Waals surface area contributed by atoms with Gasteiger partial charge in [-0.05, 0) is 0 Å². The topological polar surface area (TPSA) is 111 Å². The number of nitrogens with one attached hydrogen (secondary N) is 1. The second-order valence-electron chi connectivity index (χ2n) is 3.41. The molecule has 10 heteroatoms. The average molecular weight is 309 g/mol. The van der Waals surface area contributed by atoms with E-state index in [0.717, 1.165) is 12.1 Å². The maximum atomic E-state index is 13.7. The van der Waals surface area contributed by atoms with Gasteiger partial charge in [0.2, 0.25) is 0 Å². The molecule has 1 aromatic carbocycles. The van der Waals surface area contributed by atoms with Gasteiger partial charge in [-0.1, -0.05) is 4.89 Å². The number of aliphatic carboxylic acids is 1. The van der Waals surface area contributed by atoms with Gasteiger partial charge in [0.25, 0.3) is 10.0 Å². The van der Waals surface area contributed by atoms with Crippen LogP contribution in [0.2, 0.25) is 0 Å². The molecule has 0 radical (unpaired) electrons. The van der Waals surface area contributed by atoms with Gasteiger partial charge in [0.05, 0.1) is 14.2 Å². The van der Waals surface area contributed by atoms with Crippen molar-refractivity contribution in [2.24, 2.45) is 0 Å². The fraction of sp³-hybridized carbons (Fsp3) is 0.300. The second-order valence-corrected chi connectivity index (χ2v) is 5.02. The van der Waals surface area contributed by atoms with E-state index < -0.39 is 33.3 Å². The highest BCUT2D eigenvalue weighted by Crippen LogP contribution is 2.31. The molecule has 0 saturated carbocycles. The van der Waals surface area contributed by atoms with Crippen LogP contribution in [0.4, 0.5) is 4.39 Å². The number of ether oxygens (including phenoxy) is 2. The molecule has 1 aromatic rings. The Labute approximate surface area is 114 Å². The Hall–Kier alpha value is -1.91. The molecule has 0 amide bonds. The number of hydrogen-bond acceptors (Lipinski definition) is 6. The summed E-state index contributed by atoms with van der Waals surface area (Å²) >= 11 is 0. The fourth-order valence-corrected chi connectivity index (χ4v) is 2.14. The van der Waals surface area contributed by atoms with Crippen molar-refractivity contribution >= 4 is 16.0 Å². The van der Waals surface area contributed by atoms with Crippen molar-refractivity contribution in [1.29, 1.82) is 0 Å². The van der Waals surface area contributed by atoms with Crippen LogP contribution in [0.15, 0.2) is 17.0 Å². The lowest BCUT2D eigenvalue weighted by molar-refractivity contribution is -0.143. The van der Waals surface area contributed by atoms with Gasteiger partial charge < -0.3 is 14.6 Å². The summed E-state index contributed by atoms with van der Waals surface area (Å²) in [4.78, 5) is 15.2. The van der Waals surface area contributed by atoms with Gasteiger partial charge in [-0.15, -0.1) is 0 Å². The maximum absolute atomic E-state index is 13.7. The van der Waals surface area contributed by atoms with Gasteiger partial charge >= 0.3 is 5.97 Å². The first-order chi connectivity index (χ1) is 9.31. The SMILES string of the molecule is COc1cc(F)c(S(=O)(=O)NOCC(=O)O)cc1OC. The highest BCUT2D eigenvalue weighted by Gasteiger charge is 2.23. The van der Waals surface area contributed by atoms with Crippen LogP contribution in [0, 0.1) is 5.82 Å². The third-order valence-corrected chi connectivity index (χ3v) is 3.32. The first kappa shape index (κ1) is 16.1. The van der Waals surface area contributed by atoms with Crippen molar-refractivity contribution in [2.75, 3.05) is 20.8 Å². The van der Waals surface area contributed by atoms with Crippen LogP contribution < -0.4 is 14.4 Å². The van der Waals surface area contributed by atoms with Crippen molar-refractivity contribution in [1.82, 2.24) is 4.89 Å². The molecule has 20 heavy (non-hydrogen) atoms. The van der Waals surface area contributed by atoms with Gasteiger partial charge in [-0.25, -0.2) is 17.6 Å². The normalized spacial score (nSPS) is 11.2. The Bertz CT molecular complexity index is 602. The lowest BCUT2D eigenvalue weighted by atomic mass is 10.3. The van der Waals surface area contributed by atoms with Crippen LogP contribution in [0.5, 0.6) is 11.5 Å². The van der Waals surface area contributed by atoms with Crippen molar-refractivity contribution in [3.63, 3.8) is 0 Å². The number of sulfonamides is 1. The largest absolute Gasteiger partial charge is 0.493 e. The molecule has 0 saturated heterocycles. The van der Waals surface area contributed by atoms with Crippen molar-refractivity contribution in [2.45, 2.75) is 4.90 Å². The molecule has 0 aromatic heterocycles. The standard InChI is InChI=1S/C10H12FNO7S/c1-17-7-3-6(11)9(4-8(7)18-2)20(15,16)12-19-5-10(13)14/h3-4,12H,5H2,1-2H3,(H,13,14). The van der Waals surface area contributed by atoms with E-state index in [1.165, 1.54) is 19.1 Å². The highest BCUT2D eigenvalue weighted by atomic mass is 32.2. The molecule has 0 aliphatic rings. The minimum Gasteiger partial charge on any atom is -0.493 e. The molecule has 112 valence electrons. The quantitative estimate of drug-likeness (QED) is 0.689. The Morgan fingerprint density at radius 2 is 1.85 bits per heavy atom. The lowest BCUT2D eigenvalue weighted by Gasteiger charge is -2.11. The number of carboxylic acids is 1. The number of halogens is 1. The molecule has 0 spiro atoms. The first-order valence-corrected chi connectivity index (χ1v) is 6.57. The van der Waals surface area contributed by atoms with E-state index >= 15 is 0 Å². The molecule has 8 nitrogen and oxygen atoms in total. The summed E-state index contributed by atoms with van der Waals surface area (Å²) in [6, 6.07) is 1.71. The highest BCUT2D eigenvalue weighted by molar-refractivity contribution is 7.89. The molecular weight excluding hydrogens is 297 g/mol. The van der Waals surface area contributed by atoms with E-state index in [0.29, 0.717) is 0 Å². The Balaban J connectivity index is 3.08. The molecule has 0 bridgehead atoms. The number of carbonyl (C=O) groups is 1. The predicted molar refractivity (Wildman–Crippen MR) is 63.4 cm³/mol. The van der Waals surface area contributed by atoms with E-state index in [1.807, 2.05) is 0 Å². The third kappa shape index (κ3) is 3.79. The first-order valence-electron chi connectivity index (χ1n) is 5.08. The second kappa shape index (κ2) is 6.50. The minimum atomic E-state index is -4.39. The summed E-state index contributed by atoms with van der Waals surface area (Å²) in [7, 11) is -1.88. The summed E-state index contributed by atoms with van der Waals surface area (Å²) in [6.07, 6.45) is 0. The molecule has 0 aliphatic heterocycles. The van der Waals surface area contributed by atoms with E-state index in [4.69, 9.17) is 14.6 Å². The van der Waals surface area contributed by atoms with Gasteiger partial charge in [-0.3, -0.25) is 4.84 Å². The van der Waals surface area contributed by atoms with E-state index in [9.17, 15) is 17.6 Å². The van der Waals surface area contributed by atoms with Gasteiger partial charge in [0.1, 0.15) is 10.7 Å². The molecule has 1 rings (SSSR count). The molecule has 0 atom stereocenters. The molecular formula is C10H12FNO7S. The number of carboxylic acid groups (broad SMARTS) is 1. The Morgan fingerprint density at radius 1 is 1.30 bits per heavy atom. The third-order valence-electron chi connectivity index (χ3n) is 2.09. The molecule has 0 heterocycles. The number of benzene rings is 1. The Morgan fingerprint density at radius 3 is 2.35 bits per heavy atom. The van der Waals surface area contributed by atoms with Crippen molar-refractivity contribution < 1.29 is 37.0 Å². The summed E-state index contributed by atoms with van der Waals surface area (Å²) < 4.78 is 46.8.